The van der Waals surface area contributed by atoms with Crippen LogP contribution in [0.15, 0.2) is 176 Å². The van der Waals surface area contributed by atoms with E-state index >= 15 is 0 Å². The molecular formula is C40H29N. The van der Waals surface area contributed by atoms with E-state index in [4.69, 9.17) is 0 Å². The molecule has 1 nitrogen and oxygen atoms in total. The smallest absolute Gasteiger partial charge is 0.0540 e. The first kappa shape index (κ1) is 24.6. The molecule has 0 aliphatic heterocycles. The molecule has 0 saturated carbocycles. The molecule has 0 aliphatic rings. The van der Waals surface area contributed by atoms with Crippen molar-refractivity contribution in [3.8, 4) is 33.4 Å². The minimum Gasteiger partial charge on any atom is -0.310 e. The van der Waals surface area contributed by atoms with Gasteiger partial charge in [0, 0.05) is 16.8 Å². The molecule has 0 spiro atoms. The zero-order valence-electron chi connectivity index (χ0n) is 22.7. The van der Waals surface area contributed by atoms with Crippen LogP contribution < -0.4 is 4.90 Å². The summed E-state index contributed by atoms with van der Waals surface area (Å²) in [6.45, 7) is 0. The van der Waals surface area contributed by atoms with E-state index in [-0.39, 0.29) is 0 Å². The van der Waals surface area contributed by atoms with E-state index < -0.39 is 0 Å². The molecule has 0 saturated heterocycles. The molecular weight excluding hydrogens is 494 g/mol. The predicted molar refractivity (Wildman–Crippen MR) is 175 cm³/mol. The van der Waals surface area contributed by atoms with Crippen molar-refractivity contribution in [1.29, 1.82) is 0 Å². The van der Waals surface area contributed by atoms with Crippen molar-refractivity contribution in [2.75, 3.05) is 4.90 Å². The topological polar surface area (TPSA) is 3.24 Å². The predicted octanol–water partition coefficient (Wildman–Crippen LogP) is 11.3. The van der Waals surface area contributed by atoms with E-state index in [1.807, 2.05) is 0 Å². The Hall–Kier alpha value is -5.40. The monoisotopic (exact) mass is 523 g/mol. The van der Waals surface area contributed by atoms with Crippen molar-refractivity contribution in [2.24, 2.45) is 0 Å². The quantitative estimate of drug-likeness (QED) is 0.209. The van der Waals surface area contributed by atoms with Crippen LogP contribution in [0.5, 0.6) is 0 Å². The molecule has 7 aromatic carbocycles. The first-order chi connectivity index (χ1) is 20.4. The zero-order chi connectivity index (χ0) is 27.4. The fourth-order valence-electron chi connectivity index (χ4n) is 5.74. The summed E-state index contributed by atoms with van der Waals surface area (Å²) in [6.07, 6.45) is 0. The van der Waals surface area contributed by atoms with Crippen LogP contribution in [-0.2, 0) is 0 Å². The van der Waals surface area contributed by atoms with Crippen molar-refractivity contribution in [3.63, 3.8) is 0 Å². The molecule has 0 fully saturated rings. The van der Waals surface area contributed by atoms with E-state index in [0.29, 0.717) is 0 Å². The van der Waals surface area contributed by atoms with Gasteiger partial charge in [-0.3, -0.25) is 0 Å². The average Bonchev–Trinajstić information content (AvgIpc) is 3.06. The summed E-state index contributed by atoms with van der Waals surface area (Å²) in [6, 6.07) is 62.8. The lowest BCUT2D eigenvalue weighted by Crippen LogP contribution is -2.10. The second-order valence-electron chi connectivity index (χ2n) is 10.2. The molecule has 194 valence electrons. The summed E-state index contributed by atoms with van der Waals surface area (Å²) in [5, 5.41) is 2.45. The third-order valence-corrected chi connectivity index (χ3v) is 7.69. The van der Waals surface area contributed by atoms with Crippen molar-refractivity contribution in [2.45, 2.75) is 0 Å². The Morgan fingerprint density at radius 1 is 0.268 bits per heavy atom. The largest absolute Gasteiger partial charge is 0.310 e. The van der Waals surface area contributed by atoms with E-state index in [9.17, 15) is 0 Å². The van der Waals surface area contributed by atoms with Gasteiger partial charge in [0.05, 0.1) is 5.69 Å². The Bertz CT molecular complexity index is 1870. The van der Waals surface area contributed by atoms with Gasteiger partial charge in [-0.1, -0.05) is 146 Å². The van der Waals surface area contributed by atoms with Gasteiger partial charge in [0.1, 0.15) is 0 Å². The van der Waals surface area contributed by atoms with E-state index in [0.717, 1.165) is 17.1 Å². The normalized spacial score (nSPS) is 10.9. The number of para-hydroxylation sites is 2. The molecule has 41 heavy (non-hydrogen) atoms. The second kappa shape index (κ2) is 11.0. The highest BCUT2D eigenvalue weighted by Crippen LogP contribution is 2.43. The van der Waals surface area contributed by atoms with Gasteiger partial charge in [-0.2, -0.15) is 0 Å². The third-order valence-electron chi connectivity index (χ3n) is 7.69. The van der Waals surface area contributed by atoms with Gasteiger partial charge in [0.25, 0.3) is 0 Å². The number of rotatable bonds is 6. The maximum atomic E-state index is 2.35. The van der Waals surface area contributed by atoms with Crippen LogP contribution in [0.3, 0.4) is 0 Å². The van der Waals surface area contributed by atoms with Crippen molar-refractivity contribution in [1.82, 2.24) is 0 Å². The number of hydrogen-bond donors (Lipinski definition) is 0. The van der Waals surface area contributed by atoms with E-state index in [2.05, 4.69) is 181 Å². The van der Waals surface area contributed by atoms with Gasteiger partial charge in [0.2, 0.25) is 0 Å². The standard InChI is InChI=1S/C40H29N/c1-4-14-30(15-5-1)31-24-26-32(27-25-31)35-20-10-11-21-36(35)38-28-29-40(39-23-13-12-22-37(38)39)41(33-16-6-2-7-17-33)34-18-8-3-9-19-34/h1-29H. The van der Waals surface area contributed by atoms with Crippen molar-refractivity contribution >= 4 is 27.8 Å². The first-order valence-electron chi connectivity index (χ1n) is 14.0. The molecule has 0 bridgehead atoms. The summed E-state index contributed by atoms with van der Waals surface area (Å²) >= 11 is 0. The summed E-state index contributed by atoms with van der Waals surface area (Å²) in [4.78, 5) is 2.35. The molecule has 0 N–H and O–H groups in total. The molecule has 7 rings (SSSR count). The molecule has 7 aromatic rings. The molecule has 0 heterocycles. The average molecular weight is 524 g/mol. The number of anilines is 3. The Kier molecular flexibility index (Phi) is 6.61. The van der Waals surface area contributed by atoms with Gasteiger partial charge in [-0.15, -0.1) is 0 Å². The van der Waals surface area contributed by atoms with Crippen LogP contribution in [0.2, 0.25) is 0 Å². The van der Waals surface area contributed by atoms with Crippen LogP contribution in [0.1, 0.15) is 0 Å². The highest BCUT2D eigenvalue weighted by Gasteiger charge is 2.18. The first-order valence-corrected chi connectivity index (χ1v) is 14.0. The summed E-state index contributed by atoms with van der Waals surface area (Å²) in [5.41, 5.74) is 10.8. The lowest BCUT2D eigenvalue weighted by molar-refractivity contribution is 1.30. The van der Waals surface area contributed by atoms with E-state index in [1.54, 1.807) is 0 Å². The van der Waals surface area contributed by atoms with Crippen LogP contribution in [0.4, 0.5) is 17.1 Å². The van der Waals surface area contributed by atoms with E-state index in [1.165, 1.54) is 44.2 Å². The SMILES string of the molecule is c1ccc(-c2ccc(-c3ccccc3-c3ccc(N(c4ccccc4)c4ccccc4)c4ccccc34)cc2)cc1. The maximum absolute atomic E-state index is 2.35. The molecule has 0 aliphatic carbocycles. The highest BCUT2D eigenvalue weighted by molar-refractivity contribution is 6.07. The summed E-state index contributed by atoms with van der Waals surface area (Å²) in [5.74, 6) is 0. The summed E-state index contributed by atoms with van der Waals surface area (Å²) < 4.78 is 0. The number of nitrogens with zero attached hydrogens (tertiary/aromatic N) is 1. The van der Waals surface area contributed by atoms with Crippen LogP contribution in [-0.4, -0.2) is 0 Å². The fraction of sp³-hybridized carbons (Fsp3) is 0. The zero-order valence-corrected chi connectivity index (χ0v) is 22.7. The molecule has 0 radical (unpaired) electrons. The van der Waals surface area contributed by atoms with Gasteiger partial charge in [0.15, 0.2) is 0 Å². The highest BCUT2D eigenvalue weighted by atomic mass is 15.1. The van der Waals surface area contributed by atoms with Crippen molar-refractivity contribution < 1.29 is 0 Å². The maximum Gasteiger partial charge on any atom is 0.0540 e. The molecule has 1 heteroatoms. The van der Waals surface area contributed by atoms with Gasteiger partial charge in [-0.25, -0.2) is 0 Å². The summed E-state index contributed by atoms with van der Waals surface area (Å²) in [7, 11) is 0. The fourth-order valence-corrected chi connectivity index (χ4v) is 5.74. The molecule has 0 atom stereocenters. The Balaban J connectivity index is 1.37. The van der Waals surface area contributed by atoms with Gasteiger partial charge in [-0.05, 0) is 69.1 Å². The number of hydrogen-bond acceptors (Lipinski definition) is 1. The lowest BCUT2D eigenvalue weighted by atomic mass is 9.90. The minimum absolute atomic E-state index is 1.13. The Morgan fingerprint density at radius 2 is 0.732 bits per heavy atom. The molecule has 0 amide bonds. The molecule has 0 unspecified atom stereocenters. The molecule has 0 aromatic heterocycles. The number of fused-ring (bicyclic) bond motifs is 1. The number of benzene rings is 7. The second-order valence-corrected chi connectivity index (χ2v) is 10.2. The van der Waals surface area contributed by atoms with Gasteiger partial charge >= 0.3 is 0 Å². The van der Waals surface area contributed by atoms with Crippen LogP contribution in [0.25, 0.3) is 44.2 Å². The Morgan fingerprint density at radius 3 is 1.37 bits per heavy atom. The van der Waals surface area contributed by atoms with Crippen molar-refractivity contribution in [3.05, 3.63) is 176 Å². The lowest BCUT2D eigenvalue weighted by Gasteiger charge is -2.27. The Labute approximate surface area is 241 Å². The third kappa shape index (κ3) is 4.79. The van der Waals surface area contributed by atoms with Crippen LogP contribution >= 0.6 is 0 Å². The minimum atomic E-state index is 1.13. The van der Waals surface area contributed by atoms with Crippen LogP contribution in [0, 0.1) is 0 Å². The van der Waals surface area contributed by atoms with Gasteiger partial charge < -0.3 is 4.90 Å².